The summed E-state index contributed by atoms with van der Waals surface area (Å²) in [4.78, 5) is 109. The van der Waals surface area contributed by atoms with Gasteiger partial charge in [-0.2, -0.15) is 0 Å². The molecule has 0 aliphatic heterocycles. The van der Waals surface area contributed by atoms with Crippen molar-refractivity contribution in [1.29, 1.82) is 0 Å². The SMILES string of the molecule is O=C(O)C[C@H](NC(=O)[C@H](CC(=O)O)NC(=O)[C@H](Cc1c[nH]c2ccccc12)NC(=O)[C@H](Cc1ccccc1)NC(=O)[C@H](Cc1ccccc1)NC(=O)OCC1c2ccccc2-c2ccccc21)C(=O)O. The fourth-order valence-corrected chi connectivity index (χ4v) is 8.48. The van der Waals surface area contributed by atoms with E-state index < -0.39 is 90.7 Å². The van der Waals surface area contributed by atoms with Crippen molar-refractivity contribution in [1.82, 2.24) is 31.6 Å². The smallest absolute Gasteiger partial charge is 0.407 e. The molecule has 0 radical (unpaired) electrons. The number of aromatic amines is 1. The highest BCUT2D eigenvalue weighted by Crippen LogP contribution is 2.44. The van der Waals surface area contributed by atoms with Crippen molar-refractivity contribution in [2.45, 2.75) is 68.2 Å². The van der Waals surface area contributed by atoms with Crippen LogP contribution >= 0.6 is 0 Å². The van der Waals surface area contributed by atoms with Gasteiger partial charge in [-0.1, -0.05) is 127 Å². The number of carbonyl (C=O) groups is 8. The lowest BCUT2D eigenvalue weighted by Crippen LogP contribution is -2.60. The molecule has 5 aromatic carbocycles. The highest BCUT2D eigenvalue weighted by molar-refractivity contribution is 5.98. The number of ether oxygens (including phenoxy) is 1. The minimum Gasteiger partial charge on any atom is -0.481 e. The maximum Gasteiger partial charge on any atom is 0.407 e. The van der Waals surface area contributed by atoms with Crippen LogP contribution in [0.25, 0.3) is 22.0 Å². The number of para-hydroxylation sites is 1. The Labute approximate surface area is 400 Å². The van der Waals surface area contributed by atoms with Crippen LogP contribution in [-0.2, 0) is 57.6 Å². The molecule has 7 rings (SSSR count). The molecule has 0 saturated carbocycles. The minimum atomic E-state index is -1.97. The third-order valence-corrected chi connectivity index (χ3v) is 11.9. The first kappa shape index (κ1) is 49.1. The van der Waals surface area contributed by atoms with Crippen molar-refractivity contribution in [3.63, 3.8) is 0 Å². The van der Waals surface area contributed by atoms with Crippen LogP contribution in [0.1, 0.15) is 46.6 Å². The van der Waals surface area contributed by atoms with E-state index in [4.69, 9.17) is 4.74 Å². The van der Waals surface area contributed by atoms with Gasteiger partial charge in [0.1, 0.15) is 36.8 Å². The number of aliphatic carboxylic acids is 3. The van der Waals surface area contributed by atoms with Crippen LogP contribution in [-0.4, -0.2) is 105 Å². The van der Waals surface area contributed by atoms with Crippen LogP contribution in [0.2, 0.25) is 0 Å². The van der Waals surface area contributed by atoms with Gasteiger partial charge in [-0.25, -0.2) is 9.59 Å². The number of carboxylic acids is 3. The van der Waals surface area contributed by atoms with Crippen LogP contribution in [0, 0.1) is 0 Å². The first-order valence-corrected chi connectivity index (χ1v) is 22.4. The molecule has 70 heavy (non-hydrogen) atoms. The number of carboxylic acid groups (broad SMARTS) is 3. The molecule has 0 spiro atoms. The number of aromatic nitrogens is 1. The normalized spacial score (nSPS) is 13.8. The Balaban J connectivity index is 1.14. The quantitative estimate of drug-likeness (QED) is 0.0466. The zero-order valence-electron chi connectivity index (χ0n) is 37.5. The number of H-pyrrole nitrogens is 1. The largest absolute Gasteiger partial charge is 0.481 e. The van der Waals surface area contributed by atoms with Gasteiger partial charge in [0, 0.05) is 42.3 Å². The summed E-state index contributed by atoms with van der Waals surface area (Å²) in [6.45, 7) is -0.0318. The molecule has 9 N–H and O–H groups in total. The average Bonchev–Trinajstić information content (AvgIpc) is 3.90. The van der Waals surface area contributed by atoms with Gasteiger partial charge < -0.3 is 51.6 Å². The van der Waals surface area contributed by atoms with E-state index >= 15 is 0 Å². The number of fused-ring (bicyclic) bond motifs is 4. The number of alkyl carbamates (subject to hydrolysis) is 1. The van der Waals surface area contributed by atoms with Crippen LogP contribution < -0.4 is 26.6 Å². The number of hydrogen-bond acceptors (Lipinski definition) is 9. The van der Waals surface area contributed by atoms with Gasteiger partial charge in [0.2, 0.25) is 23.6 Å². The van der Waals surface area contributed by atoms with E-state index in [1.165, 1.54) is 0 Å². The van der Waals surface area contributed by atoms with E-state index in [1.807, 2.05) is 53.8 Å². The maximum absolute atomic E-state index is 14.6. The van der Waals surface area contributed by atoms with Gasteiger partial charge in [-0.15, -0.1) is 0 Å². The fourth-order valence-electron chi connectivity index (χ4n) is 8.48. The molecule has 6 aromatic rings. The van der Waals surface area contributed by atoms with Crippen LogP contribution in [0.15, 0.2) is 140 Å². The summed E-state index contributed by atoms with van der Waals surface area (Å²) >= 11 is 0. The molecule has 360 valence electrons. The van der Waals surface area contributed by atoms with Crippen LogP contribution in [0.5, 0.6) is 0 Å². The molecule has 1 heterocycles. The Morgan fingerprint density at radius 1 is 0.486 bits per heavy atom. The second-order valence-corrected chi connectivity index (χ2v) is 16.7. The van der Waals surface area contributed by atoms with Gasteiger partial charge in [0.15, 0.2) is 0 Å². The zero-order valence-corrected chi connectivity index (χ0v) is 37.5. The summed E-state index contributed by atoms with van der Waals surface area (Å²) in [6, 6.07) is 32.2. The minimum absolute atomic E-state index is 0.00955. The summed E-state index contributed by atoms with van der Waals surface area (Å²) in [6.07, 6.45) is -1.71. The van der Waals surface area contributed by atoms with Crippen molar-refractivity contribution in [3.8, 4) is 11.1 Å². The number of rotatable bonds is 22. The van der Waals surface area contributed by atoms with Gasteiger partial charge in [0.05, 0.1) is 12.8 Å². The van der Waals surface area contributed by atoms with Crippen LogP contribution in [0.3, 0.4) is 0 Å². The molecule has 0 bridgehead atoms. The molecule has 1 aliphatic rings. The molecule has 1 aromatic heterocycles. The van der Waals surface area contributed by atoms with E-state index in [9.17, 15) is 53.7 Å². The van der Waals surface area contributed by atoms with Gasteiger partial charge >= 0.3 is 24.0 Å². The molecule has 18 nitrogen and oxygen atoms in total. The summed E-state index contributed by atoms with van der Waals surface area (Å²) in [5, 5.41) is 41.5. The Kier molecular flexibility index (Phi) is 16.0. The predicted molar refractivity (Wildman–Crippen MR) is 254 cm³/mol. The summed E-state index contributed by atoms with van der Waals surface area (Å²) in [5.41, 5.74) is 6.55. The number of nitrogens with one attached hydrogen (secondary N) is 6. The van der Waals surface area contributed by atoms with E-state index in [2.05, 4.69) is 26.3 Å². The highest BCUT2D eigenvalue weighted by atomic mass is 16.5. The standard InChI is InChI=1S/C52H50N6O12/c59-45(60)26-43(50(66)57-44(51(67)68)27-46(61)62)56-49(65)42(25-32-28-53-39-22-12-11-17-33(32)39)55-47(63)40(23-30-13-3-1-4-14-30)54-48(64)41(24-31-15-5-2-6-16-31)58-52(69)70-29-38-36-20-9-7-18-34(36)35-19-8-10-21-37(35)38/h1-22,28,38,40-44,53H,23-27,29H2,(H,54,64)(H,55,63)(H,56,65)(H,57,66)(H,58,69)(H,59,60)(H,61,62)(H,67,68)/t40-,41-,42-,43-,44-/m0/s1. The second kappa shape index (κ2) is 22.8. The first-order valence-electron chi connectivity index (χ1n) is 22.4. The van der Waals surface area contributed by atoms with E-state index in [1.54, 1.807) is 91.1 Å². The Bertz CT molecular complexity index is 2840. The Hall–Kier alpha value is -8.80. The van der Waals surface area contributed by atoms with Crippen molar-refractivity contribution >= 4 is 58.5 Å². The Morgan fingerprint density at radius 3 is 1.46 bits per heavy atom. The van der Waals surface area contributed by atoms with E-state index in [-0.39, 0.29) is 31.8 Å². The molecule has 1 aliphatic carbocycles. The van der Waals surface area contributed by atoms with Crippen molar-refractivity contribution in [2.75, 3.05) is 6.61 Å². The van der Waals surface area contributed by atoms with Gasteiger partial charge in [-0.05, 0) is 45.0 Å². The lowest BCUT2D eigenvalue weighted by molar-refractivity contribution is -0.148. The maximum atomic E-state index is 14.6. The second-order valence-electron chi connectivity index (χ2n) is 16.7. The highest BCUT2D eigenvalue weighted by Gasteiger charge is 2.35. The number of hydrogen-bond donors (Lipinski definition) is 9. The molecule has 5 amide bonds. The fraction of sp³-hybridized carbons (Fsp3) is 0.231. The molecule has 0 fully saturated rings. The first-order chi connectivity index (χ1) is 33.7. The average molecular weight is 951 g/mol. The van der Waals surface area contributed by atoms with E-state index in [0.717, 1.165) is 22.3 Å². The zero-order chi connectivity index (χ0) is 49.7. The molecular formula is C52H50N6O12. The van der Waals surface area contributed by atoms with Crippen molar-refractivity contribution in [2.24, 2.45) is 0 Å². The molecule has 18 heteroatoms. The van der Waals surface area contributed by atoms with Gasteiger partial charge in [-0.3, -0.25) is 28.8 Å². The summed E-state index contributed by atoms with van der Waals surface area (Å²) < 4.78 is 5.81. The molecular weight excluding hydrogens is 901 g/mol. The molecule has 0 saturated heterocycles. The summed E-state index contributed by atoms with van der Waals surface area (Å²) in [7, 11) is 0. The number of benzene rings is 5. The number of carbonyl (C=O) groups excluding carboxylic acids is 5. The molecule has 5 atom stereocenters. The van der Waals surface area contributed by atoms with Gasteiger partial charge in [0.25, 0.3) is 0 Å². The van der Waals surface area contributed by atoms with Crippen molar-refractivity contribution in [3.05, 3.63) is 167 Å². The van der Waals surface area contributed by atoms with Crippen molar-refractivity contribution < 1.29 is 58.4 Å². The molecule has 0 unspecified atom stereocenters. The Morgan fingerprint density at radius 2 is 0.914 bits per heavy atom. The van der Waals surface area contributed by atoms with E-state index in [0.29, 0.717) is 27.6 Å². The topological polar surface area (TPSA) is 282 Å². The number of amides is 5. The third kappa shape index (κ3) is 12.6. The third-order valence-electron chi connectivity index (χ3n) is 11.9. The summed E-state index contributed by atoms with van der Waals surface area (Å²) in [5.74, 6) is -9.11. The predicted octanol–water partition coefficient (Wildman–Crippen LogP) is 4.08. The lowest BCUT2D eigenvalue weighted by atomic mass is 9.98. The lowest BCUT2D eigenvalue weighted by Gasteiger charge is -2.27. The van der Waals surface area contributed by atoms with Crippen LogP contribution in [0.4, 0.5) is 4.79 Å². The monoisotopic (exact) mass is 950 g/mol.